The van der Waals surface area contributed by atoms with Crippen LogP contribution in [0.1, 0.15) is 16.8 Å². The molecule has 2 heterocycles. The number of nitrogen functional groups attached to an aromatic ring is 1. The molecule has 0 aliphatic carbocycles. The van der Waals surface area contributed by atoms with Crippen LogP contribution in [0.4, 0.5) is 11.4 Å². The Morgan fingerprint density at radius 3 is 2.85 bits per heavy atom. The van der Waals surface area contributed by atoms with Crippen molar-refractivity contribution < 1.29 is 4.79 Å². The van der Waals surface area contributed by atoms with Crippen LogP contribution in [0, 0.1) is 6.92 Å². The van der Waals surface area contributed by atoms with Gasteiger partial charge >= 0.3 is 0 Å². The van der Waals surface area contributed by atoms with E-state index in [1.165, 1.54) is 0 Å². The van der Waals surface area contributed by atoms with E-state index in [4.69, 9.17) is 17.3 Å². The lowest BCUT2D eigenvalue weighted by molar-refractivity contribution is -0.117. The zero-order valence-corrected chi connectivity index (χ0v) is 12.1. The summed E-state index contributed by atoms with van der Waals surface area (Å²) < 4.78 is 1.62. The maximum atomic E-state index is 12.2. The van der Waals surface area contributed by atoms with E-state index in [1.54, 1.807) is 16.6 Å². The van der Waals surface area contributed by atoms with E-state index in [9.17, 15) is 4.79 Å². The van der Waals surface area contributed by atoms with Crippen LogP contribution >= 0.6 is 11.6 Å². The molecule has 0 saturated carbocycles. The third kappa shape index (κ3) is 1.94. The molecule has 0 saturated heterocycles. The molecule has 6 heteroatoms. The highest BCUT2D eigenvalue weighted by molar-refractivity contribution is 6.30. The molecule has 1 aliphatic rings. The monoisotopic (exact) mass is 290 g/mol. The fourth-order valence-corrected chi connectivity index (χ4v) is 2.82. The van der Waals surface area contributed by atoms with Gasteiger partial charge in [-0.3, -0.25) is 9.48 Å². The number of aromatic nitrogens is 2. The molecule has 2 aromatic rings. The van der Waals surface area contributed by atoms with E-state index < -0.39 is 0 Å². The third-order valence-electron chi connectivity index (χ3n) is 3.62. The Balaban J connectivity index is 1.98. The van der Waals surface area contributed by atoms with Gasteiger partial charge in [-0.25, -0.2) is 0 Å². The van der Waals surface area contributed by atoms with Gasteiger partial charge in [-0.2, -0.15) is 5.10 Å². The van der Waals surface area contributed by atoms with Gasteiger partial charge in [-0.05, 0) is 30.7 Å². The van der Waals surface area contributed by atoms with Gasteiger partial charge < -0.3 is 10.6 Å². The number of nitrogens with zero attached hydrogens (tertiary/aromatic N) is 3. The molecule has 104 valence electrons. The predicted octanol–water partition coefficient (Wildman–Crippen LogP) is 2.05. The number of hydrogen-bond acceptors (Lipinski definition) is 3. The van der Waals surface area contributed by atoms with Crippen LogP contribution in [0.3, 0.4) is 0 Å². The van der Waals surface area contributed by atoms with Crippen molar-refractivity contribution in [2.24, 2.45) is 7.05 Å². The average Bonchev–Trinajstić information content (AvgIpc) is 2.81. The molecule has 0 fully saturated rings. The molecule has 1 aromatic carbocycles. The quantitative estimate of drug-likeness (QED) is 0.861. The number of rotatable bonds is 2. The fraction of sp³-hybridized carbons (Fsp3) is 0.286. The van der Waals surface area contributed by atoms with Crippen molar-refractivity contribution in [2.75, 3.05) is 10.6 Å². The second kappa shape index (κ2) is 4.52. The minimum atomic E-state index is 0.0601. The Morgan fingerprint density at radius 1 is 1.45 bits per heavy atom. The van der Waals surface area contributed by atoms with Crippen LogP contribution in [0.15, 0.2) is 18.2 Å². The highest BCUT2D eigenvalue weighted by Gasteiger charge is 2.29. The van der Waals surface area contributed by atoms with Gasteiger partial charge in [-0.15, -0.1) is 0 Å². The van der Waals surface area contributed by atoms with Gasteiger partial charge in [0.1, 0.15) is 5.15 Å². The number of nitrogens with two attached hydrogens (primary N) is 1. The number of fused-ring (bicyclic) bond motifs is 1. The summed E-state index contributed by atoms with van der Waals surface area (Å²) >= 11 is 6.24. The number of aryl methyl sites for hydroxylation is 2. The van der Waals surface area contributed by atoms with E-state index >= 15 is 0 Å². The summed E-state index contributed by atoms with van der Waals surface area (Å²) in [7, 11) is 1.79. The first-order valence-corrected chi connectivity index (χ1v) is 6.72. The molecule has 20 heavy (non-hydrogen) atoms. The Kier molecular flexibility index (Phi) is 2.94. The van der Waals surface area contributed by atoms with Crippen molar-refractivity contribution in [3.63, 3.8) is 0 Å². The van der Waals surface area contributed by atoms with Crippen LogP contribution in [-0.2, 0) is 24.8 Å². The zero-order chi connectivity index (χ0) is 14.4. The van der Waals surface area contributed by atoms with E-state index in [1.807, 2.05) is 25.1 Å². The molecule has 0 unspecified atom stereocenters. The smallest absolute Gasteiger partial charge is 0.231 e. The van der Waals surface area contributed by atoms with Gasteiger partial charge in [0.15, 0.2) is 0 Å². The van der Waals surface area contributed by atoms with Gasteiger partial charge in [-0.1, -0.05) is 11.6 Å². The van der Waals surface area contributed by atoms with Gasteiger partial charge in [0.25, 0.3) is 0 Å². The Morgan fingerprint density at radius 2 is 2.20 bits per heavy atom. The number of benzene rings is 1. The van der Waals surface area contributed by atoms with E-state index in [2.05, 4.69) is 5.10 Å². The van der Waals surface area contributed by atoms with Gasteiger partial charge in [0.05, 0.1) is 18.7 Å². The Hall–Kier alpha value is -2.01. The molecule has 0 atom stereocenters. The van der Waals surface area contributed by atoms with E-state index in [-0.39, 0.29) is 5.91 Å². The lowest BCUT2D eigenvalue weighted by Crippen LogP contribution is -2.26. The summed E-state index contributed by atoms with van der Waals surface area (Å²) in [5.74, 6) is 0.0601. The van der Waals surface area contributed by atoms with Crippen LogP contribution < -0.4 is 10.6 Å². The first-order chi connectivity index (χ1) is 9.47. The molecular formula is C14H15ClN4O. The number of hydrogen-bond donors (Lipinski definition) is 1. The first kappa shape index (κ1) is 13.0. The number of carbonyl (C=O) groups excluding carboxylic acids is 1. The van der Waals surface area contributed by atoms with E-state index in [0.29, 0.717) is 23.8 Å². The van der Waals surface area contributed by atoms with Crippen LogP contribution in [0.5, 0.6) is 0 Å². The molecule has 3 rings (SSSR count). The van der Waals surface area contributed by atoms with Gasteiger partial charge in [0.2, 0.25) is 5.91 Å². The lowest BCUT2D eigenvalue weighted by atomic mass is 10.1. The molecule has 0 bridgehead atoms. The third-order valence-corrected chi connectivity index (χ3v) is 4.10. The number of anilines is 2. The summed E-state index contributed by atoms with van der Waals surface area (Å²) in [5, 5.41) is 4.84. The van der Waals surface area contributed by atoms with Crippen LogP contribution in [0.2, 0.25) is 5.15 Å². The highest BCUT2D eigenvalue weighted by atomic mass is 35.5. The Labute approximate surface area is 121 Å². The average molecular weight is 291 g/mol. The second-order valence-corrected chi connectivity index (χ2v) is 5.38. The lowest BCUT2D eigenvalue weighted by Gasteiger charge is -2.17. The van der Waals surface area contributed by atoms with Crippen molar-refractivity contribution in [3.8, 4) is 0 Å². The molecule has 1 amide bonds. The molecule has 0 radical (unpaired) electrons. The standard InChI is InChI=1S/C14H15ClN4O/c1-8-11(14(15)18(2)17-8)7-19-12-4-3-10(16)5-9(12)6-13(19)20/h3-5H,6-7,16H2,1-2H3. The maximum absolute atomic E-state index is 12.2. The van der Waals surface area contributed by atoms with Crippen LogP contribution in [0.25, 0.3) is 0 Å². The number of halogens is 1. The van der Waals surface area contributed by atoms with Crippen molar-refractivity contribution in [3.05, 3.63) is 40.2 Å². The largest absolute Gasteiger partial charge is 0.399 e. The topological polar surface area (TPSA) is 64.2 Å². The highest BCUT2D eigenvalue weighted by Crippen LogP contribution is 2.33. The molecule has 5 nitrogen and oxygen atoms in total. The van der Waals surface area contributed by atoms with Crippen molar-refractivity contribution in [1.29, 1.82) is 0 Å². The SMILES string of the molecule is Cc1nn(C)c(Cl)c1CN1C(=O)Cc2cc(N)ccc21. The maximum Gasteiger partial charge on any atom is 0.231 e. The van der Waals surface area contributed by atoms with Crippen molar-refractivity contribution in [1.82, 2.24) is 9.78 Å². The summed E-state index contributed by atoms with van der Waals surface area (Å²) in [6.07, 6.45) is 0.386. The van der Waals surface area contributed by atoms with Crippen LogP contribution in [-0.4, -0.2) is 15.7 Å². The normalized spacial score (nSPS) is 13.9. The second-order valence-electron chi connectivity index (χ2n) is 5.02. The van der Waals surface area contributed by atoms with Crippen molar-refractivity contribution >= 4 is 28.9 Å². The predicted molar refractivity (Wildman–Crippen MR) is 78.7 cm³/mol. The molecule has 1 aromatic heterocycles. The minimum Gasteiger partial charge on any atom is -0.399 e. The zero-order valence-electron chi connectivity index (χ0n) is 11.4. The molecule has 2 N–H and O–H groups in total. The molecule has 1 aliphatic heterocycles. The summed E-state index contributed by atoms with van der Waals surface area (Å²) in [6, 6.07) is 5.54. The number of amides is 1. The molecular weight excluding hydrogens is 276 g/mol. The summed E-state index contributed by atoms with van der Waals surface area (Å²) in [6.45, 7) is 2.33. The van der Waals surface area contributed by atoms with E-state index in [0.717, 1.165) is 22.5 Å². The molecule has 0 spiro atoms. The number of carbonyl (C=O) groups is 1. The summed E-state index contributed by atoms with van der Waals surface area (Å²) in [4.78, 5) is 13.9. The fourth-order valence-electron chi connectivity index (χ4n) is 2.59. The minimum absolute atomic E-state index is 0.0601. The van der Waals surface area contributed by atoms with Crippen molar-refractivity contribution in [2.45, 2.75) is 19.9 Å². The first-order valence-electron chi connectivity index (χ1n) is 6.34. The Bertz CT molecular complexity index is 707. The summed E-state index contributed by atoms with van der Waals surface area (Å²) in [5.41, 5.74) is 10.0. The van der Waals surface area contributed by atoms with Gasteiger partial charge in [0, 0.05) is 24.0 Å².